The van der Waals surface area contributed by atoms with E-state index in [9.17, 15) is 18.4 Å². The molecule has 1 aliphatic rings. The van der Waals surface area contributed by atoms with E-state index in [0.29, 0.717) is 19.2 Å². The summed E-state index contributed by atoms with van der Waals surface area (Å²) in [6, 6.07) is 11.9. The molecule has 7 heteroatoms. The number of piperazine rings is 1. The van der Waals surface area contributed by atoms with Gasteiger partial charge in [0.2, 0.25) is 5.91 Å². The Morgan fingerprint density at radius 1 is 0.964 bits per heavy atom. The monoisotopic (exact) mass is 387 g/mol. The average Bonchev–Trinajstić information content (AvgIpc) is 2.72. The molecule has 28 heavy (non-hydrogen) atoms. The normalized spacial score (nSPS) is 16.6. The van der Waals surface area contributed by atoms with Crippen LogP contribution in [-0.2, 0) is 4.79 Å². The summed E-state index contributed by atoms with van der Waals surface area (Å²) in [4.78, 5) is 28.4. The van der Waals surface area contributed by atoms with Gasteiger partial charge in [0.15, 0.2) is 0 Å². The average molecular weight is 387 g/mol. The molecule has 3 rings (SSSR count). The Labute approximate surface area is 162 Å². The third kappa shape index (κ3) is 4.20. The second kappa shape index (κ2) is 8.48. The molecule has 2 amide bonds. The van der Waals surface area contributed by atoms with E-state index >= 15 is 0 Å². The van der Waals surface area contributed by atoms with Gasteiger partial charge in [-0.3, -0.25) is 9.59 Å². The summed E-state index contributed by atoms with van der Waals surface area (Å²) in [5, 5.41) is 0. The van der Waals surface area contributed by atoms with Crippen molar-refractivity contribution in [3.05, 3.63) is 71.3 Å². The number of hydrogen-bond donors (Lipinski definition) is 1. The molecule has 0 aromatic heterocycles. The van der Waals surface area contributed by atoms with Crippen molar-refractivity contribution in [1.29, 1.82) is 0 Å². The molecule has 1 fully saturated rings. The third-order valence-electron chi connectivity index (χ3n) is 5.15. The molecule has 1 saturated heterocycles. The molecule has 1 aliphatic heterocycles. The smallest absolute Gasteiger partial charge is 0.256 e. The third-order valence-corrected chi connectivity index (χ3v) is 5.15. The van der Waals surface area contributed by atoms with E-state index in [1.165, 1.54) is 4.90 Å². The molecule has 2 N–H and O–H groups in total. The van der Waals surface area contributed by atoms with Crippen LogP contribution in [0.4, 0.5) is 8.78 Å². The highest BCUT2D eigenvalue weighted by Gasteiger charge is 2.31. The van der Waals surface area contributed by atoms with Gasteiger partial charge in [-0.25, -0.2) is 8.78 Å². The summed E-state index contributed by atoms with van der Waals surface area (Å²) in [7, 11) is 0. The fraction of sp³-hybridized carbons (Fsp3) is 0.333. The molecule has 2 unspecified atom stereocenters. The highest BCUT2D eigenvalue weighted by atomic mass is 19.1. The van der Waals surface area contributed by atoms with Crippen molar-refractivity contribution in [3.63, 3.8) is 0 Å². The number of hydrogen-bond acceptors (Lipinski definition) is 3. The summed E-state index contributed by atoms with van der Waals surface area (Å²) >= 11 is 0. The van der Waals surface area contributed by atoms with Gasteiger partial charge >= 0.3 is 0 Å². The molecular formula is C21H23F2N3O2. The van der Waals surface area contributed by atoms with Crippen LogP contribution in [-0.4, -0.2) is 47.8 Å². The lowest BCUT2D eigenvalue weighted by atomic mass is 9.94. The number of rotatable bonds is 4. The first kappa shape index (κ1) is 19.9. The van der Waals surface area contributed by atoms with Gasteiger partial charge in [0.05, 0.1) is 11.5 Å². The standard InChI is InChI=1S/C21H23F2N3O2/c1-14(19(24)15-5-3-2-4-6-15)20(27)25-9-11-26(12-10-25)21(28)17-8-7-16(22)13-18(17)23/h2-8,13-14,19H,9-12,24H2,1H3. The van der Waals surface area contributed by atoms with Crippen molar-refractivity contribution in [1.82, 2.24) is 9.80 Å². The molecule has 0 radical (unpaired) electrons. The van der Waals surface area contributed by atoms with E-state index in [-0.39, 0.29) is 24.6 Å². The van der Waals surface area contributed by atoms with Gasteiger partial charge in [-0.15, -0.1) is 0 Å². The SMILES string of the molecule is CC(C(=O)N1CCN(C(=O)c2ccc(F)cc2F)CC1)C(N)c1ccccc1. The van der Waals surface area contributed by atoms with Crippen LogP contribution in [0.5, 0.6) is 0 Å². The minimum absolute atomic E-state index is 0.0728. The van der Waals surface area contributed by atoms with Crippen LogP contribution in [0.15, 0.2) is 48.5 Å². The Morgan fingerprint density at radius 2 is 1.57 bits per heavy atom. The number of amides is 2. The molecular weight excluding hydrogens is 364 g/mol. The van der Waals surface area contributed by atoms with E-state index in [1.54, 1.807) is 11.8 Å². The summed E-state index contributed by atoms with van der Waals surface area (Å²) in [5.41, 5.74) is 6.97. The highest BCUT2D eigenvalue weighted by molar-refractivity contribution is 5.94. The minimum atomic E-state index is -0.883. The Bertz CT molecular complexity index is 852. The van der Waals surface area contributed by atoms with Crippen LogP contribution in [0.25, 0.3) is 0 Å². The summed E-state index contributed by atoms with van der Waals surface area (Å²) < 4.78 is 26.9. The molecule has 0 aliphatic carbocycles. The van der Waals surface area contributed by atoms with Gasteiger partial charge in [0.1, 0.15) is 11.6 Å². The quantitative estimate of drug-likeness (QED) is 0.877. The van der Waals surface area contributed by atoms with Crippen LogP contribution >= 0.6 is 0 Å². The lowest BCUT2D eigenvalue weighted by Gasteiger charge is -2.37. The molecule has 0 saturated carbocycles. The number of nitrogens with two attached hydrogens (primary N) is 1. The van der Waals surface area contributed by atoms with Crippen molar-refractivity contribution >= 4 is 11.8 Å². The molecule has 2 aromatic carbocycles. The first-order valence-corrected chi connectivity index (χ1v) is 9.22. The van der Waals surface area contributed by atoms with Crippen LogP contribution in [0.2, 0.25) is 0 Å². The zero-order chi connectivity index (χ0) is 20.3. The molecule has 1 heterocycles. The van der Waals surface area contributed by atoms with Gasteiger partial charge in [0.25, 0.3) is 5.91 Å². The van der Waals surface area contributed by atoms with E-state index < -0.39 is 29.5 Å². The summed E-state index contributed by atoms with van der Waals surface area (Å²) in [6.07, 6.45) is 0. The highest BCUT2D eigenvalue weighted by Crippen LogP contribution is 2.22. The lowest BCUT2D eigenvalue weighted by Crippen LogP contribution is -2.52. The number of halogens is 2. The predicted molar refractivity (Wildman–Crippen MR) is 101 cm³/mol. The Kier molecular flexibility index (Phi) is 6.04. The van der Waals surface area contributed by atoms with E-state index in [4.69, 9.17) is 5.73 Å². The maximum Gasteiger partial charge on any atom is 0.256 e. The summed E-state index contributed by atoms with van der Waals surface area (Å²) in [5.74, 6) is -2.59. The van der Waals surface area contributed by atoms with Gasteiger partial charge in [-0.2, -0.15) is 0 Å². The topological polar surface area (TPSA) is 66.6 Å². The Hall–Kier alpha value is -2.80. The van der Waals surface area contributed by atoms with Gasteiger partial charge in [-0.05, 0) is 17.7 Å². The lowest BCUT2D eigenvalue weighted by molar-refractivity contribution is -0.137. The number of benzene rings is 2. The fourth-order valence-corrected chi connectivity index (χ4v) is 3.37. The molecule has 2 atom stereocenters. The summed E-state index contributed by atoms with van der Waals surface area (Å²) in [6.45, 7) is 3.06. The largest absolute Gasteiger partial charge is 0.339 e. The maximum absolute atomic E-state index is 13.9. The number of carbonyl (C=O) groups is 2. The number of carbonyl (C=O) groups excluding carboxylic acids is 2. The molecule has 148 valence electrons. The number of nitrogens with zero attached hydrogens (tertiary/aromatic N) is 2. The van der Waals surface area contributed by atoms with Crippen LogP contribution < -0.4 is 5.73 Å². The Balaban J connectivity index is 1.60. The predicted octanol–water partition coefficient (Wildman–Crippen LogP) is 2.59. The molecule has 0 bridgehead atoms. The van der Waals surface area contributed by atoms with Crippen LogP contribution in [0.1, 0.15) is 28.9 Å². The van der Waals surface area contributed by atoms with E-state index in [2.05, 4.69) is 0 Å². The molecule has 5 nitrogen and oxygen atoms in total. The van der Waals surface area contributed by atoms with Crippen molar-refractivity contribution in [2.75, 3.05) is 26.2 Å². The minimum Gasteiger partial charge on any atom is -0.339 e. The second-order valence-corrected chi connectivity index (χ2v) is 6.97. The van der Waals surface area contributed by atoms with Crippen molar-refractivity contribution < 1.29 is 18.4 Å². The maximum atomic E-state index is 13.9. The van der Waals surface area contributed by atoms with Gasteiger partial charge in [0, 0.05) is 38.3 Å². The fourth-order valence-electron chi connectivity index (χ4n) is 3.37. The molecule has 2 aromatic rings. The van der Waals surface area contributed by atoms with Crippen molar-refractivity contribution in [2.45, 2.75) is 13.0 Å². The van der Waals surface area contributed by atoms with Gasteiger partial charge < -0.3 is 15.5 Å². The van der Waals surface area contributed by atoms with Crippen LogP contribution in [0.3, 0.4) is 0 Å². The van der Waals surface area contributed by atoms with Gasteiger partial charge in [-0.1, -0.05) is 37.3 Å². The van der Waals surface area contributed by atoms with Crippen molar-refractivity contribution in [2.24, 2.45) is 11.7 Å². The second-order valence-electron chi connectivity index (χ2n) is 6.97. The molecule has 0 spiro atoms. The zero-order valence-electron chi connectivity index (χ0n) is 15.6. The first-order valence-electron chi connectivity index (χ1n) is 9.22. The zero-order valence-corrected chi connectivity index (χ0v) is 15.6. The van der Waals surface area contributed by atoms with E-state index in [0.717, 1.165) is 17.7 Å². The first-order chi connectivity index (χ1) is 13.4. The Morgan fingerprint density at radius 3 is 2.18 bits per heavy atom. The van der Waals surface area contributed by atoms with Crippen molar-refractivity contribution in [3.8, 4) is 0 Å². The van der Waals surface area contributed by atoms with E-state index in [1.807, 2.05) is 30.3 Å². The van der Waals surface area contributed by atoms with Crippen LogP contribution in [0, 0.1) is 17.6 Å².